The lowest BCUT2D eigenvalue weighted by molar-refractivity contribution is 1.02. The molecule has 0 aliphatic carbocycles. The molecule has 3 aromatic rings. The van der Waals surface area contributed by atoms with Crippen molar-refractivity contribution in [3.8, 4) is 10.7 Å². The summed E-state index contributed by atoms with van der Waals surface area (Å²) in [5.41, 5.74) is 1.83. The molecule has 0 spiro atoms. The van der Waals surface area contributed by atoms with Gasteiger partial charge >= 0.3 is 0 Å². The van der Waals surface area contributed by atoms with Crippen LogP contribution in [0.1, 0.15) is 6.92 Å². The molecule has 0 saturated carbocycles. The predicted octanol–water partition coefficient (Wildman–Crippen LogP) is 3.19. The van der Waals surface area contributed by atoms with Crippen molar-refractivity contribution < 1.29 is 0 Å². The number of nitrogens with one attached hydrogen (secondary N) is 1. The smallest absolute Gasteiger partial charge is 0.148 e. The van der Waals surface area contributed by atoms with Gasteiger partial charge in [-0.1, -0.05) is 12.1 Å². The third kappa shape index (κ3) is 2.04. The van der Waals surface area contributed by atoms with Crippen LogP contribution in [0.25, 0.3) is 20.9 Å². The molecule has 0 aliphatic heterocycles. The SMILES string of the molecule is CCNc1ccc(-c2nc3ccccc3s2)nn1. The van der Waals surface area contributed by atoms with Crippen LogP contribution >= 0.6 is 11.3 Å². The van der Waals surface area contributed by atoms with E-state index in [0.29, 0.717) is 0 Å². The van der Waals surface area contributed by atoms with E-state index in [2.05, 4.69) is 26.6 Å². The molecule has 0 bridgehead atoms. The molecule has 1 N–H and O–H groups in total. The molecule has 0 saturated heterocycles. The second-order valence-electron chi connectivity index (χ2n) is 3.82. The molecular weight excluding hydrogens is 244 g/mol. The largest absolute Gasteiger partial charge is 0.369 e. The lowest BCUT2D eigenvalue weighted by Crippen LogP contribution is -2.00. The third-order valence-electron chi connectivity index (χ3n) is 2.54. The number of para-hydroxylation sites is 1. The predicted molar refractivity (Wildman–Crippen MR) is 74.8 cm³/mol. The van der Waals surface area contributed by atoms with Gasteiger partial charge in [-0.25, -0.2) is 4.98 Å². The number of nitrogens with zero attached hydrogens (tertiary/aromatic N) is 3. The van der Waals surface area contributed by atoms with E-state index in [1.807, 2.05) is 37.3 Å². The maximum atomic E-state index is 4.55. The van der Waals surface area contributed by atoms with Crippen molar-refractivity contribution in [1.29, 1.82) is 0 Å². The van der Waals surface area contributed by atoms with Crippen molar-refractivity contribution in [1.82, 2.24) is 15.2 Å². The van der Waals surface area contributed by atoms with E-state index < -0.39 is 0 Å². The van der Waals surface area contributed by atoms with Gasteiger partial charge < -0.3 is 5.32 Å². The maximum absolute atomic E-state index is 4.55. The Hall–Kier alpha value is -2.01. The highest BCUT2D eigenvalue weighted by molar-refractivity contribution is 7.21. The molecule has 0 atom stereocenters. The summed E-state index contributed by atoms with van der Waals surface area (Å²) < 4.78 is 1.17. The summed E-state index contributed by atoms with van der Waals surface area (Å²) >= 11 is 1.64. The molecule has 0 amide bonds. The molecule has 0 fully saturated rings. The zero-order chi connectivity index (χ0) is 12.4. The van der Waals surface area contributed by atoms with Gasteiger partial charge in [0, 0.05) is 6.54 Å². The second kappa shape index (κ2) is 4.70. The summed E-state index contributed by atoms with van der Waals surface area (Å²) in [6.45, 7) is 2.87. The molecular formula is C13H12N4S. The van der Waals surface area contributed by atoms with Crippen LogP contribution < -0.4 is 5.32 Å². The molecule has 0 aliphatic rings. The Kier molecular flexibility index (Phi) is 2.90. The zero-order valence-electron chi connectivity index (χ0n) is 9.92. The summed E-state index contributed by atoms with van der Waals surface area (Å²) in [5, 5.41) is 12.3. The molecule has 90 valence electrons. The summed E-state index contributed by atoms with van der Waals surface area (Å²) in [4.78, 5) is 4.55. The van der Waals surface area contributed by atoms with Crippen LogP contribution in [0.2, 0.25) is 0 Å². The number of fused-ring (bicyclic) bond motifs is 1. The first kappa shape index (κ1) is 11.1. The van der Waals surface area contributed by atoms with Gasteiger partial charge in [-0.2, -0.15) is 0 Å². The minimum absolute atomic E-state index is 0.794. The average Bonchev–Trinajstić information content (AvgIpc) is 2.84. The third-order valence-corrected chi connectivity index (χ3v) is 3.59. The molecule has 3 rings (SSSR count). The van der Waals surface area contributed by atoms with Crippen LogP contribution in [-0.2, 0) is 0 Å². The van der Waals surface area contributed by atoms with Gasteiger partial charge in [0.1, 0.15) is 16.5 Å². The highest BCUT2D eigenvalue weighted by Crippen LogP contribution is 2.28. The number of thiazole rings is 1. The van der Waals surface area contributed by atoms with Gasteiger partial charge in [-0.05, 0) is 31.2 Å². The number of hydrogen-bond donors (Lipinski definition) is 1. The first-order valence-electron chi connectivity index (χ1n) is 5.80. The van der Waals surface area contributed by atoms with Crippen LogP contribution in [-0.4, -0.2) is 21.7 Å². The van der Waals surface area contributed by atoms with Crippen molar-refractivity contribution in [2.75, 3.05) is 11.9 Å². The molecule has 0 unspecified atom stereocenters. The maximum Gasteiger partial charge on any atom is 0.148 e. The summed E-state index contributed by atoms with van der Waals surface area (Å²) in [6, 6.07) is 12.0. The van der Waals surface area contributed by atoms with Gasteiger partial charge in [0.25, 0.3) is 0 Å². The van der Waals surface area contributed by atoms with Crippen LogP contribution in [0.4, 0.5) is 5.82 Å². The van der Waals surface area contributed by atoms with E-state index in [1.165, 1.54) is 4.70 Å². The number of anilines is 1. The minimum Gasteiger partial charge on any atom is -0.369 e. The highest BCUT2D eigenvalue weighted by Gasteiger charge is 2.07. The minimum atomic E-state index is 0.794. The Labute approximate surface area is 109 Å². The van der Waals surface area contributed by atoms with Crippen molar-refractivity contribution in [2.24, 2.45) is 0 Å². The fourth-order valence-corrected chi connectivity index (χ4v) is 2.63. The standard InChI is InChI=1S/C13H12N4S/c1-2-14-12-8-7-10(16-17-12)13-15-9-5-3-4-6-11(9)18-13/h3-8H,2H2,1H3,(H,14,17). The number of rotatable bonds is 3. The number of hydrogen-bond acceptors (Lipinski definition) is 5. The Bertz CT molecular complexity index is 627. The topological polar surface area (TPSA) is 50.7 Å². The van der Waals surface area contributed by atoms with Crippen molar-refractivity contribution in [3.63, 3.8) is 0 Å². The zero-order valence-corrected chi connectivity index (χ0v) is 10.7. The lowest BCUT2D eigenvalue weighted by atomic mass is 10.3. The Morgan fingerprint density at radius 3 is 2.72 bits per heavy atom. The summed E-state index contributed by atoms with van der Waals surface area (Å²) in [7, 11) is 0. The van der Waals surface area contributed by atoms with E-state index in [-0.39, 0.29) is 0 Å². The van der Waals surface area contributed by atoms with Crippen LogP contribution in [0.15, 0.2) is 36.4 Å². The van der Waals surface area contributed by atoms with E-state index in [0.717, 1.165) is 28.6 Å². The molecule has 1 aromatic carbocycles. The molecule has 0 radical (unpaired) electrons. The Morgan fingerprint density at radius 2 is 2.00 bits per heavy atom. The normalized spacial score (nSPS) is 10.7. The van der Waals surface area contributed by atoms with Crippen molar-refractivity contribution in [3.05, 3.63) is 36.4 Å². The molecule has 2 aromatic heterocycles. The van der Waals surface area contributed by atoms with Gasteiger partial charge in [0.15, 0.2) is 0 Å². The molecule has 18 heavy (non-hydrogen) atoms. The summed E-state index contributed by atoms with van der Waals surface area (Å²) in [6.07, 6.45) is 0. The first-order chi connectivity index (χ1) is 8.86. The Morgan fingerprint density at radius 1 is 1.11 bits per heavy atom. The van der Waals surface area contributed by atoms with Crippen molar-refractivity contribution >= 4 is 27.4 Å². The van der Waals surface area contributed by atoms with E-state index in [9.17, 15) is 0 Å². The number of aromatic nitrogens is 3. The van der Waals surface area contributed by atoms with Gasteiger partial charge in [0.2, 0.25) is 0 Å². The second-order valence-corrected chi connectivity index (χ2v) is 4.85. The monoisotopic (exact) mass is 256 g/mol. The van der Waals surface area contributed by atoms with E-state index in [4.69, 9.17) is 0 Å². The van der Waals surface area contributed by atoms with E-state index >= 15 is 0 Å². The van der Waals surface area contributed by atoms with Gasteiger partial charge in [-0.3, -0.25) is 0 Å². The first-order valence-corrected chi connectivity index (χ1v) is 6.62. The fourth-order valence-electron chi connectivity index (χ4n) is 1.70. The van der Waals surface area contributed by atoms with Gasteiger partial charge in [-0.15, -0.1) is 21.5 Å². The fraction of sp³-hybridized carbons (Fsp3) is 0.154. The Balaban J connectivity index is 1.98. The lowest BCUT2D eigenvalue weighted by Gasteiger charge is -2.00. The molecule has 4 nitrogen and oxygen atoms in total. The molecule has 5 heteroatoms. The van der Waals surface area contributed by atoms with Gasteiger partial charge in [0.05, 0.1) is 10.2 Å². The summed E-state index contributed by atoms with van der Waals surface area (Å²) in [5.74, 6) is 0.794. The quantitative estimate of drug-likeness (QED) is 0.782. The van der Waals surface area contributed by atoms with Crippen LogP contribution in [0, 0.1) is 0 Å². The van der Waals surface area contributed by atoms with Crippen LogP contribution in [0.3, 0.4) is 0 Å². The number of benzene rings is 1. The van der Waals surface area contributed by atoms with Crippen LogP contribution in [0.5, 0.6) is 0 Å². The average molecular weight is 256 g/mol. The van der Waals surface area contributed by atoms with E-state index in [1.54, 1.807) is 11.3 Å². The molecule has 2 heterocycles. The van der Waals surface area contributed by atoms with Crippen molar-refractivity contribution in [2.45, 2.75) is 6.92 Å². The highest BCUT2D eigenvalue weighted by atomic mass is 32.1.